The number of benzene rings is 1. The van der Waals surface area contributed by atoms with Crippen molar-refractivity contribution in [3.63, 3.8) is 0 Å². The van der Waals surface area contributed by atoms with Gasteiger partial charge in [-0.15, -0.1) is 24.0 Å². The van der Waals surface area contributed by atoms with Crippen LogP contribution in [0.3, 0.4) is 0 Å². The maximum Gasteiger partial charge on any atom is 0.194 e. The summed E-state index contributed by atoms with van der Waals surface area (Å²) in [5, 5.41) is 8.59. The Bertz CT molecular complexity index is 814. The fraction of sp³-hybridized carbons (Fsp3) is 0.545. The number of rotatable bonds is 7. The van der Waals surface area contributed by atoms with Crippen molar-refractivity contribution in [3.05, 3.63) is 52.8 Å². The van der Waals surface area contributed by atoms with Crippen LogP contribution in [-0.2, 0) is 13.6 Å². The normalized spacial score (nSPS) is 16.3. The topological polar surface area (TPSA) is 51.9 Å². The van der Waals surface area contributed by atoms with Gasteiger partial charge < -0.3 is 15.1 Å². The van der Waals surface area contributed by atoms with E-state index < -0.39 is 0 Å². The van der Waals surface area contributed by atoms with E-state index in [4.69, 9.17) is 16.6 Å². The maximum absolute atomic E-state index is 6.00. The number of aromatic nitrogens is 2. The van der Waals surface area contributed by atoms with Crippen molar-refractivity contribution in [2.75, 3.05) is 53.4 Å². The molecule has 1 N–H and O–H groups in total. The first-order valence-corrected chi connectivity index (χ1v) is 11.0. The van der Waals surface area contributed by atoms with Gasteiger partial charge in [0.25, 0.3) is 0 Å². The number of halogens is 2. The molecule has 1 saturated heterocycles. The molecule has 1 fully saturated rings. The van der Waals surface area contributed by atoms with E-state index in [1.807, 2.05) is 30.1 Å². The molecule has 1 atom stereocenters. The summed E-state index contributed by atoms with van der Waals surface area (Å²) >= 11 is 6.00. The molecule has 3 rings (SSSR count). The molecule has 0 spiro atoms. The fourth-order valence-corrected chi connectivity index (χ4v) is 3.87. The van der Waals surface area contributed by atoms with Gasteiger partial charge in [-0.05, 0) is 38.7 Å². The van der Waals surface area contributed by atoms with Crippen molar-refractivity contribution < 1.29 is 0 Å². The van der Waals surface area contributed by atoms with Crippen molar-refractivity contribution in [2.45, 2.75) is 19.5 Å². The lowest BCUT2D eigenvalue weighted by molar-refractivity contribution is 0.172. The average Bonchev–Trinajstić information content (AvgIpc) is 3.15. The largest absolute Gasteiger partial charge is 0.357 e. The Kier molecular flexibility index (Phi) is 10.5. The number of hydrogen-bond acceptors (Lipinski definition) is 4. The quantitative estimate of drug-likeness (QED) is 0.321. The Morgan fingerprint density at radius 3 is 2.42 bits per heavy atom. The molecule has 1 aliphatic heterocycles. The molecule has 0 saturated carbocycles. The Hall–Kier alpha value is -1.36. The molecule has 1 aliphatic rings. The summed E-state index contributed by atoms with van der Waals surface area (Å²) in [6.07, 6.45) is 4.01. The molecule has 9 heteroatoms. The summed E-state index contributed by atoms with van der Waals surface area (Å²) in [7, 11) is 6.14. The van der Waals surface area contributed by atoms with Crippen LogP contribution in [0.2, 0.25) is 5.02 Å². The highest BCUT2D eigenvalue weighted by Gasteiger charge is 2.21. The zero-order valence-electron chi connectivity index (χ0n) is 19.0. The third-order valence-corrected chi connectivity index (χ3v) is 5.73. The van der Waals surface area contributed by atoms with E-state index in [0.717, 1.165) is 50.3 Å². The molecule has 0 bridgehead atoms. The van der Waals surface area contributed by atoms with Crippen LogP contribution in [0, 0.1) is 0 Å². The average molecular weight is 560 g/mol. The molecule has 1 aromatic carbocycles. The summed E-state index contributed by atoms with van der Waals surface area (Å²) in [5.74, 6) is 0.999. The highest BCUT2D eigenvalue weighted by Crippen LogP contribution is 2.18. The molecule has 7 nitrogen and oxygen atoms in total. The second-order valence-electron chi connectivity index (χ2n) is 8.01. The molecular weight excluding hydrogens is 525 g/mol. The Morgan fingerprint density at radius 2 is 1.87 bits per heavy atom. The molecule has 31 heavy (non-hydrogen) atoms. The predicted octanol–water partition coefficient (Wildman–Crippen LogP) is 3.08. The third-order valence-electron chi connectivity index (χ3n) is 5.47. The number of nitrogens with zero attached hydrogens (tertiary/aromatic N) is 6. The van der Waals surface area contributed by atoms with E-state index >= 15 is 0 Å². The Balaban J connectivity index is 0.00000341. The van der Waals surface area contributed by atoms with Gasteiger partial charge >= 0.3 is 0 Å². The molecule has 1 unspecified atom stereocenters. The molecule has 2 aromatic rings. The first-order valence-electron chi connectivity index (χ1n) is 10.6. The summed E-state index contributed by atoms with van der Waals surface area (Å²) in [4.78, 5) is 12.0. The minimum Gasteiger partial charge on any atom is -0.357 e. The molecule has 2 heterocycles. The van der Waals surface area contributed by atoms with E-state index in [1.54, 1.807) is 0 Å². The minimum absolute atomic E-state index is 0. The van der Waals surface area contributed by atoms with Crippen molar-refractivity contribution in [2.24, 2.45) is 12.0 Å². The standard InChI is InChI=1S/C22H34ClN7.HI/c1-5-24-22(25-15-21(27(2)3)19-14-26-28(4)17-19)30-12-10-29(11-13-30)16-18-6-8-20(23)9-7-18;/h6-9,14,17,21H,5,10-13,15-16H2,1-4H3,(H,24,25);1H. The lowest BCUT2D eigenvalue weighted by atomic mass is 10.1. The van der Waals surface area contributed by atoms with Crippen molar-refractivity contribution >= 4 is 41.5 Å². The molecule has 0 amide bonds. The van der Waals surface area contributed by atoms with Gasteiger partial charge in [0.15, 0.2) is 5.96 Å². The van der Waals surface area contributed by atoms with Gasteiger partial charge in [-0.25, -0.2) is 0 Å². The third kappa shape index (κ3) is 7.62. The number of aliphatic imine (C=N–C) groups is 1. The number of nitrogens with one attached hydrogen (secondary N) is 1. The zero-order chi connectivity index (χ0) is 21.5. The van der Waals surface area contributed by atoms with Crippen LogP contribution in [0.4, 0.5) is 0 Å². The molecule has 0 aliphatic carbocycles. The summed E-state index contributed by atoms with van der Waals surface area (Å²) in [6.45, 7) is 8.63. The SMILES string of the molecule is CCNC(=NCC(c1cnn(C)c1)N(C)C)N1CCN(Cc2ccc(Cl)cc2)CC1.I. The number of aryl methyl sites for hydroxylation is 1. The van der Waals surface area contributed by atoms with Gasteiger partial charge in [-0.1, -0.05) is 23.7 Å². The Morgan fingerprint density at radius 1 is 1.19 bits per heavy atom. The first kappa shape index (κ1) is 25.9. The van der Waals surface area contributed by atoms with Gasteiger partial charge in [-0.2, -0.15) is 5.10 Å². The predicted molar refractivity (Wildman–Crippen MR) is 139 cm³/mol. The van der Waals surface area contributed by atoms with Gasteiger partial charge in [0, 0.05) is 63.1 Å². The van der Waals surface area contributed by atoms with E-state index in [-0.39, 0.29) is 30.0 Å². The summed E-state index contributed by atoms with van der Waals surface area (Å²) in [6, 6.07) is 8.36. The first-order chi connectivity index (χ1) is 14.5. The number of hydrogen-bond donors (Lipinski definition) is 1. The van der Waals surface area contributed by atoms with Crippen LogP contribution in [0.25, 0.3) is 0 Å². The van der Waals surface area contributed by atoms with Gasteiger partial charge in [0.2, 0.25) is 0 Å². The second kappa shape index (κ2) is 12.6. The van der Waals surface area contributed by atoms with Crippen molar-refractivity contribution in [3.8, 4) is 0 Å². The molecule has 1 aromatic heterocycles. The monoisotopic (exact) mass is 559 g/mol. The van der Waals surface area contributed by atoms with Gasteiger partial charge in [-0.3, -0.25) is 14.6 Å². The van der Waals surface area contributed by atoms with Crippen LogP contribution in [-0.4, -0.2) is 83.8 Å². The highest BCUT2D eigenvalue weighted by atomic mass is 127. The van der Waals surface area contributed by atoms with Crippen LogP contribution in [0.5, 0.6) is 0 Å². The highest BCUT2D eigenvalue weighted by molar-refractivity contribution is 14.0. The van der Waals surface area contributed by atoms with Gasteiger partial charge in [0.1, 0.15) is 0 Å². The lowest BCUT2D eigenvalue weighted by Crippen LogP contribution is -2.52. The summed E-state index contributed by atoms with van der Waals surface area (Å²) in [5.41, 5.74) is 2.49. The van der Waals surface area contributed by atoms with Crippen molar-refractivity contribution in [1.82, 2.24) is 29.8 Å². The molecule has 0 radical (unpaired) electrons. The number of piperazine rings is 1. The van der Waals surface area contributed by atoms with Crippen LogP contribution in [0.15, 0.2) is 41.7 Å². The Labute approximate surface area is 208 Å². The van der Waals surface area contributed by atoms with Crippen molar-refractivity contribution in [1.29, 1.82) is 0 Å². The van der Waals surface area contributed by atoms with E-state index in [0.29, 0.717) is 6.54 Å². The van der Waals surface area contributed by atoms with Crippen LogP contribution < -0.4 is 5.32 Å². The second-order valence-corrected chi connectivity index (χ2v) is 8.45. The molecular formula is C22H35ClIN7. The van der Waals surface area contributed by atoms with Crippen LogP contribution in [0.1, 0.15) is 24.1 Å². The smallest absolute Gasteiger partial charge is 0.194 e. The fourth-order valence-electron chi connectivity index (χ4n) is 3.74. The van der Waals surface area contributed by atoms with E-state index in [2.05, 4.69) is 64.5 Å². The lowest BCUT2D eigenvalue weighted by Gasteiger charge is -2.36. The number of guanidine groups is 1. The molecule has 172 valence electrons. The number of likely N-dealkylation sites (N-methyl/N-ethyl adjacent to an activating group) is 1. The van der Waals surface area contributed by atoms with E-state index in [9.17, 15) is 0 Å². The van der Waals surface area contributed by atoms with E-state index in [1.165, 1.54) is 11.1 Å². The maximum atomic E-state index is 6.00. The minimum atomic E-state index is 0. The zero-order valence-corrected chi connectivity index (χ0v) is 22.0. The van der Waals surface area contributed by atoms with Gasteiger partial charge in [0.05, 0.1) is 18.8 Å². The summed E-state index contributed by atoms with van der Waals surface area (Å²) < 4.78 is 1.85. The van der Waals surface area contributed by atoms with Crippen LogP contribution >= 0.6 is 35.6 Å².